The van der Waals surface area contributed by atoms with Crippen LogP contribution in [-0.2, 0) is 4.79 Å². The maximum atomic E-state index is 12.7. The summed E-state index contributed by atoms with van der Waals surface area (Å²) >= 11 is 2.01. The maximum Gasteiger partial charge on any atom is 0.228 e. The lowest BCUT2D eigenvalue weighted by atomic mass is 10.1. The Labute approximate surface area is 165 Å². The molecular formula is C22H26N2O2S. The molecule has 4 rings (SSSR count). The van der Waals surface area contributed by atoms with Crippen LogP contribution in [0.2, 0.25) is 0 Å². The number of hydrogen-bond donors (Lipinski definition) is 1. The van der Waals surface area contributed by atoms with E-state index in [9.17, 15) is 4.79 Å². The van der Waals surface area contributed by atoms with Gasteiger partial charge in [0.15, 0.2) is 0 Å². The highest BCUT2D eigenvalue weighted by molar-refractivity contribution is 7.99. The number of ether oxygens (including phenoxy) is 1. The molecule has 1 aliphatic carbocycles. The third kappa shape index (κ3) is 4.08. The summed E-state index contributed by atoms with van der Waals surface area (Å²) in [5, 5.41) is 3.11. The summed E-state index contributed by atoms with van der Waals surface area (Å²) in [6.07, 6.45) is 0.904. The molecule has 1 heterocycles. The van der Waals surface area contributed by atoms with Crippen molar-refractivity contribution in [2.24, 2.45) is 5.92 Å². The number of nitrogens with zero attached hydrogens (tertiary/aromatic N) is 1. The first-order valence-corrected chi connectivity index (χ1v) is 10.7. The number of anilines is 2. The number of carbonyl (C=O) groups is 1. The molecule has 0 radical (unpaired) electrons. The number of carbonyl (C=O) groups excluding carboxylic acids is 1. The van der Waals surface area contributed by atoms with Gasteiger partial charge in [0, 0.05) is 41.9 Å². The van der Waals surface area contributed by atoms with Gasteiger partial charge in [-0.2, -0.15) is 11.8 Å². The molecule has 1 saturated heterocycles. The van der Waals surface area contributed by atoms with Gasteiger partial charge in [-0.1, -0.05) is 12.1 Å². The van der Waals surface area contributed by atoms with Crippen molar-refractivity contribution in [1.82, 2.24) is 0 Å². The zero-order valence-electron chi connectivity index (χ0n) is 15.9. The van der Waals surface area contributed by atoms with Gasteiger partial charge in [-0.15, -0.1) is 0 Å². The first-order chi connectivity index (χ1) is 13.2. The lowest BCUT2D eigenvalue weighted by Gasteiger charge is -2.30. The highest BCUT2D eigenvalue weighted by atomic mass is 32.2. The molecule has 2 atom stereocenters. The number of methoxy groups -OCH3 is 1. The van der Waals surface area contributed by atoms with Gasteiger partial charge in [-0.05, 0) is 60.7 Å². The summed E-state index contributed by atoms with van der Waals surface area (Å²) in [5.74, 6) is 3.68. The number of thioether (sulfide) groups is 1. The molecule has 2 fully saturated rings. The minimum atomic E-state index is 0.0520. The molecular weight excluding hydrogens is 356 g/mol. The van der Waals surface area contributed by atoms with Crippen molar-refractivity contribution in [2.45, 2.75) is 19.3 Å². The highest BCUT2D eigenvalue weighted by Gasteiger charge is 2.44. The fourth-order valence-corrected chi connectivity index (χ4v) is 4.76. The van der Waals surface area contributed by atoms with Gasteiger partial charge in [-0.3, -0.25) is 4.79 Å². The fourth-order valence-electron chi connectivity index (χ4n) is 3.85. The predicted molar refractivity (Wildman–Crippen MR) is 113 cm³/mol. The third-order valence-corrected chi connectivity index (χ3v) is 6.41. The van der Waals surface area contributed by atoms with Gasteiger partial charge >= 0.3 is 0 Å². The zero-order chi connectivity index (χ0) is 18.8. The molecule has 2 aliphatic rings. The van der Waals surface area contributed by atoms with Crippen LogP contribution in [0, 0.1) is 12.8 Å². The average Bonchev–Trinajstić information content (AvgIpc) is 3.50. The van der Waals surface area contributed by atoms with Crippen molar-refractivity contribution in [1.29, 1.82) is 0 Å². The van der Waals surface area contributed by atoms with Crippen LogP contribution < -0.4 is 15.0 Å². The minimum Gasteiger partial charge on any atom is -0.497 e. The summed E-state index contributed by atoms with van der Waals surface area (Å²) in [4.78, 5) is 15.1. The molecule has 1 saturated carbocycles. The molecule has 0 bridgehead atoms. The predicted octanol–water partition coefficient (Wildman–Crippen LogP) is 4.30. The Balaban J connectivity index is 1.39. The van der Waals surface area contributed by atoms with E-state index in [0.29, 0.717) is 5.92 Å². The number of aryl methyl sites for hydroxylation is 1. The largest absolute Gasteiger partial charge is 0.497 e. The van der Waals surface area contributed by atoms with Crippen LogP contribution in [0.3, 0.4) is 0 Å². The Hall–Kier alpha value is -2.14. The Morgan fingerprint density at radius 3 is 2.74 bits per heavy atom. The molecule has 4 nitrogen and oxygen atoms in total. The van der Waals surface area contributed by atoms with Crippen LogP contribution in [0.15, 0.2) is 42.5 Å². The van der Waals surface area contributed by atoms with E-state index >= 15 is 0 Å². The molecule has 27 heavy (non-hydrogen) atoms. The van der Waals surface area contributed by atoms with Crippen molar-refractivity contribution in [3.8, 4) is 5.75 Å². The monoisotopic (exact) mass is 382 g/mol. The van der Waals surface area contributed by atoms with Crippen LogP contribution in [0.25, 0.3) is 0 Å². The normalized spacial score (nSPS) is 21.6. The number of hydrogen-bond acceptors (Lipinski definition) is 4. The minimum absolute atomic E-state index is 0.0520. The van der Waals surface area contributed by atoms with Gasteiger partial charge in [0.25, 0.3) is 0 Å². The SMILES string of the molecule is COc1cccc(C2CC2C(=O)Nc2ccc(N3CCSCC3)c(C)c2)c1. The smallest absolute Gasteiger partial charge is 0.228 e. The molecule has 2 aromatic carbocycles. The lowest BCUT2D eigenvalue weighted by molar-refractivity contribution is -0.117. The number of nitrogens with one attached hydrogen (secondary N) is 1. The van der Waals surface area contributed by atoms with Crippen molar-refractivity contribution in [3.05, 3.63) is 53.6 Å². The molecule has 2 aromatic rings. The van der Waals surface area contributed by atoms with E-state index in [1.807, 2.05) is 36.0 Å². The van der Waals surface area contributed by atoms with E-state index in [1.165, 1.54) is 28.3 Å². The molecule has 142 valence electrons. The molecule has 1 N–H and O–H groups in total. The Bertz CT molecular complexity index is 833. The van der Waals surface area contributed by atoms with Gasteiger partial charge in [-0.25, -0.2) is 0 Å². The van der Waals surface area contributed by atoms with E-state index in [1.54, 1.807) is 7.11 Å². The second kappa shape index (κ2) is 7.85. The van der Waals surface area contributed by atoms with E-state index < -0.39 is 0 Å². The van der Waals surface area contributed by atoms with Crippen molar-refractivity contribution in [2.75, 3.05) is 41.9 Å². The van der Waals surface area contributed by atoms with Crippen molar-refractivity contribution in [3.63, 3.8) is 0 Å². The van der Waals surface area contributed by atoms with Crippen LogP contribution >= 0.6 is 11.8 Å². The third-order valence-electron chi connectivity index (χ3n) is 5.47. The highest BCUT2D eigenvalue weighted by Crippen LogP contribution is 2.48. The molecule has 2 unspecified atom stereocenters. The topological polar surface area (TPSA) is 41.6 Å². The fraction of sp³-hybridized carbons (Fsp3) is 0.409. The van der Waals surface area contributed by atoms with E-state index in [2.05, 4.69) is 35.3 Å². The first kappa shape index (κ1) is 18.2. The molecule has 0 spiro atoms. The summed E-state index contributed by atoms with van der Waals surface area (Å²) in [5.41, 5.74) is 4.58. The Kier molecular flexibility index (Phi) is 5.30. The number of benzene rings is 2. The molecule has 1 amide bonds. The quantitative estimate of drug-likeness (QED) is 0.837. The second-order valence-corrected chi connectivity index (χ2v) is 8.54. The summed E-state index contributed by atoms with van der Waals surface area (Å²) in [6.45, 7) is 4.33. The van der Waals surface area contributed by atoms with Crippen LogP contribution in [0.4, 0.5) is 11.4 Å². The van der Waals surface area contributed by atoms with E-state index in [-0.39, 0.29) is 11.8 Å². The maximum absolute atomic E-state index is 12.7. The molecule has 0 aromatic heterocycles. The molecule has 5 heteroatoms. The molecule has 1 aliphatic heterocycles. The van der Waals surface area contributed by atoms with Crippen molar-refractivity contribution >= 4 is 29.0 Å². The number of rotatable bonds is 5. The Morgan fingerprint density at radius 2 is 2.00 bits per heavy atom. The van der Waals surface area contributed by atoms with Crippen LogP contribution in [-0.4, -0.2) is 37.6 Å². The van der Waals surface area contributed by atoms with Crippen LogP contribution in [0.1, 0.15) is 23.5 Å². The van der Waals surface area contributed by atoms with Crippen LogP contribution in [0.5, 0.6) is 5.75 Å². The summed E-state index contributed by atoms with van der Waals surface area (Å²) in [6, 6.07) is 14.3. The average molecular weight is 383 g/mol. The second-order valence-electron chi connectivity index (χ2n) is 7.32. The van der Waals surface area contributed by atoms with Gasteiger partial charge in [0.05, 0.1) is 7.11 Å². The number of amides is 1. The van der Waals surface area contributed by atoms with Crippen molar-refractivity contribution < 1.29 is 9.53 Å². The van der Waals surface area contributed by atoms with Gasteiger partial charge in [0.1, 0.15) is 5.75 Å². The summed E-state index contributed by atoms with van der Waals surface area (Å²) in [7, 11) is 1.67. The van der Waals surface area contributed by atoms with E-state index in [0.717, 1.165) is 30.9 Å². The van der Waals surface area contributed by atoms with Gasteiger partial charge < -0.3 is 15.0 Å². The van der Waals surface area contributed by atoms with E-state index in [4.69, 9.17) is 4.74 Å². The van der Waals surface area contributed by atoms with Gasteiger partial charge in [0.2, 0.25) is 5.91 Å². The zero-order valence-corrected chi connectivity index (χ0v) is 16.7. The lowest BCUT2D eigenvalue weighted by Crippen LogP contribution is -2.32. The Morgan fingerprint density at radius 1 is 1.19 bits per heavy atom. The summed E-state index contributed by atoms with van der Waals surface area (Å²) < 4.78 is 5.29. The standard InChI is InChI=1S/C22H26N2O2S/c1-15-12-17(6-7-21(15)24-8-10-27-11-9-24)23-22(25)20-14-19(20)16-4-3-5-18(13-16)26-2/h3-7,12-13,19-20H,8-11,14H2,1-2H3,(H,23,25). The first-order valence-electron chi connectivity index (χ1n) is 9.54.